The van der Waals surface area contributed by atoms with Crippen LogP contribution in [0.2, 0.25) is 0 Å². The van der Waals surface area contributed by atoms with Gasteiger partial charge in [-0.15, -0.1) is 0 Å². The quantitative estimate of drug-likeness (QED) is 0.934. The highest BCUT2D eigenvalue weighted by Gasteiger charge is 2.29. The Hall–Kier alpha value is -1.39. The lowest BCUT2D eigenvalue weighted by molar-refractivity contribution is 0.139. The fourth-order valence-electron chi connectivity index (χ4n) is 3.13. The van der Waals surface area contributed by atoms with Gasteiger partial charge in [-0.05, 0) is 38.3 Å². The molecule has 2 N–H and O–H groups in total. The van der Waals surface area contributed by atoms with Gasteiger partial charge in [0.05, 0.1) is 11.0 Å². The third kappa shape index (κ3) is 2.58. The average molecular weight is 273 g/mol. The standard InChI is InChI=1S/C16H23N3O/c1-2-19-14-7-4-3-6-13(14)18-15(19)12-16(17)8-5-10-20-11-9-16/h3-4,6-7H,2,5,8-12,17H2,1H3. The first-order valence-electron chi connectivity index (χ1n) is 7.53. The Morgan fingerprint density at radius 3 is 3.00 bits per heavy atom. The number of hydrogen-bond donors (Lipinski definition) is 1. The fourth-order valence-corrected chi connectivity index (χ4v) is 3.13. The molecule has 0 aliphatic carbocycles. The maximum absolute atomic E-state index is 6.60. The molecule has 0 saturated carbocycles. The zero-order valence-corrected chi connectivity index (χ0v) is 12.1. The van der Waals surface area contributed by atoms with Gasteiger partial charge in [-0.25, -0.2) is 4.98 Å². The summed E-state index contributed by atoms with van der Waals surface area (Å²) in [5.41, 5.74) is 8.70. The smallest absolute Gasteiger partial charge is 0.111 e. The number of nitrogens with zero attached hydrogens (tertiary/aromatic N) is 2. The van der Waals surface area contributed by atoms with E-state index < -0.39 is 0 Å². The van der Waals surface area contributed by atoms with Crippen molar-refractivity contribution in [2.24, 2.45) is 5.73 Å². The monoisotopic (exact) mass is 273 g/mol. The van der Waals surface area contributed by atoms with E-state index in [2.05, 4.69) is 29.7 Å². The topological polar surface area (TPSA) is 53.1 Å². The summed E-state index contributed by atoms with van der Waals surface area (Å²) >= 11 is 0. The molecule has 1 atom stereocenters. The molecule has 1 aromatic carbocycles. The lowest BCUT2D eigenvalue weighted by atomic mass is 9.88. The van der Waals surface area contributed by atoms with Crippen LogP contribution in [0.25, 0.3) is 11.0 Å². The summed E-state index contributed by atoms with van der Waals surface area (Å²) in [5, 5.41) is 0. The van der Waals surface area contributed by atoms with Gasteiger partial charge in [0, 0.05) is 31.7 Å². The molecule has 1 aliphatic heterocycles. The third-order valence-electron chi connectivity index (χ3n) is 4.27. The third-order valence-corrected chi connectivity index (χ3v) is 4.27. The lowest BCUT2D eigenvalue weighted by Crippen LogP contribution is -2.43. The summed E-state index contributed by atoms with van der Waals surface area (Å²) in [5.74, 6) is 1.11. The zero-order chi connectivity index (χ0) is 14.0. The minimum atomic E-state index is -0.176. The maximum Gasteiger partial charge on any atom is 0.111 e. The van der Waals surface area contributed by atoms with Crippen molar-refractivity contribution in [2.45, 2.75) is 44.7 Å². The SMILES string of the molecule is CCn1c(CC2(N)CCCOCC2)nc2ccccc21. The van der Waals surface area contributed by atoms with E-state index in [0.717, 1.165) is 56.8 Å². The van der Waals surface area contributed by atoms with Crippen molar-refractivity contribution in [1.29, 1.82) is 0 Å². The van der Waals surface area contributed by atoms with Gasteiger partial charge in [0.2, 0.25) is 0 Å². The molecule has 0 bridgehead atoms. The summed E-state index contributed by atoms with van der Waals surface area (Å²) < 4.78 is 7.82. The molecular weight excluding hydrogens is 250 g/mol. The number of fused-ring (bicyclic) bond motifs is 1. The molecule has 4 nitrogen and oxygen atoms in total. The van der Waals surface area contributed by atoms with Crippen LogP contribution in [0.15, 0.2) is 24.3 Å². The van der Waals surface area contributed by atoms with Crippen LogP contribution in [0.1, 0.15) is 32.0 Å². The van der Waals surface area contributed by atoms with E-state index in [1.807, 2.05) is 6.07 Å². The van der Waals surface area contributed by atoms with Crippen LogP contribution in [0.3, 0.4) is 0 Å². The van der Waals surface area contributed by atoms with Crippen LogP contribution in [0.5, 0.6) is 0 Å². The highest BCUT2D eigenvalue weighted by molar-refractivity contribution is 5.75. The van der Waals surface area contributed by atoms with E-state index in [-0.39, 0.29) is 5.54 Å². The van der Waals surface area contributed by atoms with Crippen LogP contribution in [-0.2, 0) is 17.7 Å². The number of imidazole rings is 1. The number of rotatable bonds is 3. The molecule has 3 rings (SSSR count). The van der Waals surface area contributed by atoms with Gasteiger partial charge in [-0.3, -0.25) is 0 Å². The predicted octanol–water partition coefficient (Wildman–Crippen LogP) is 2.50. The van der Waals surface area contributed by atoms with Crippen molar-refractivity contribution in [3.63, 3.8) is 0 Å². The second-order valence-electron chi connectivity index (χ2n) is 5.77. The normalized spacial score (nSPS) is 23.9. The number of aromatic nitrogens is 2. The summed E-state index contributed by atoms with van der Waals surface area (Å²) in [6, 6.07) is 8.31. The fraction of sp³-hybridized carbons (Fsp3) is 0.562. The molecule has 1 unspecified atom stereocenters. The Labute approximate surface area is 119 Å². The molecule has 1 aliphatic rings. The number of benzene rings is 1. The molecule has 0 radical (unpaired) electrons. The van der Waals surface area contributed by atoms with E-state index in [9.17, 15) is 0 Å². The Bertz CT molecular complexity index is 582. The van der Waals surface area contributed by atoms with E-state index in [1.54, 1.807) is 0 Å². The van der Waals surface area contributed by atoms with Crippen LogP contribution >= 0.6 is 0 Å². The average Bonchev–Trinajstić information content (AvgIpc) is 2.64. The van der Waals surface area contributed by atoms with Crippen molar-refractivity contribution in [1.82, 2.24) is 9.55 Å². The largest absolute Gasteiger partial charge is 0.381 e. The van der Waals surface area contributed by atoms with Gasteiger partial charge in [-0.1, -0.05) is 12.1 Å². The van der Waals surface area contributed by atoms with Crippen molar-refractivity contribution in [3.8, 4) is 0 Å². The number of para-hydroxylation sites is 2. The Morgan fingerprint density at radius 1 is 1.30 bits per heavy atom. The molecule has 108 valence electrons. The summed E-state index contributed by atoms with van der Waals surface area (Å²) in [7, 11) is 0. The molecule has 1 aromatic heterocycles. The summed E-state index contributed by atoms with van der Waals surface area (Å²) in [6.07, 6.45) is 3.81. The predicted molar refractivity (Wildman–Crippen MR) is 80.7 cm³/mol. The van der Waals surface area contributed by atoms with E-state index >= 15 is 0 Å². The van der Waals surface area contributed by atoms with Crippen LogP contribution in [0.4, 0.5) is 0 Å². The summed E-state index contributed by atoms with van der Waals surface area (Å²) in [4.78, 5) is 4.80. The van der Waals surface area contributed by atoms with Crippen molar-refractivity contribution in [3.05, 3.63) is 30.1 Å². The Morgan fingerprint density at radius 2 is 2.15 bits per heavy atom. The van der Waals surface area contributed by atoms with Crippen LogP contribution in [-0.4, -0.2) is 28.3 Å². The molecule has 4 heteroatoms. The first kappa shape index (κ1) is 13.6. The van der Waals surface area contributed by atoms with E-state index in [4.69, 9.17) is 15.5 Å². The molecule has 0 amide bonds. The number of ether oxygens (including phenoxy) is 1. The maximum atomic E-state index is 6.60. The van der Waals surface area contributed by atoms with Crippen molar-refractivity contribution >= 4 is 11.0 Å². The highest BCUT2D eigenvalue weighted by Crippen LogP contribution is 2.25. The van der Waals surface area contributed by atoms with Gasteiger partial charge in [0.15, 0.2) is 0 Å². The zero-order valence-electron chi connectivity index (χ0n) is 12.1. The molecular formula is C16H23N3O. The Kier molecular flexibility index (Phi) is 3.76. The molecule has 2 heterocycles. The van der Waals surface area contributed by atoms with Gasteiger partial charge >= 0.3 is 0 Å². The van der Waals surface area contributed by atoms with Gasteiger partial charge in [0.25, 0.3) is 0 Å². The molecule has 20 heavy (non-hydrogen) atoms. The molecule has 1 fully saturated rings. The Balaban J connectivity index is 1.93. The first-order valence-corrected chi connectivity index (χ1v) is 7.53. The highest BCUT2D eigenvalue weighted by atomic mass is 16.5. The van der Waals surface area contributed by atoms with Crippen LogP contribution < -0.4 is 5.73 Å². The van der Waals surface area contributed by atoms with E-state index in [0.29, 0.717) is 0 Å². The number of hydrogen-bond acceptors (Lipinski definition) is 3. The first-order chi connectivity index (χ1) is 9.72. The molecule has 2 aromatic rings. The molecule has 1 saturated heterocycles. The minimum absolute atomic E-state index is 0.176. The lowest BCUT2D eigenvalue weighted by Gasteiger charge is -2.27. The second-order valence-corrected chi connectivity index (χ2v) is 5.77. The number of aryl methyl sites for hydroxylation is 1. The van der Waals surface area contributed by atoms with Crippen molar-refractivity contribution < 1.29 is 4.74 Å². The van der Waals surface area contributed by atoms with Crippen molar-refractivity contribution in [2.75, 3.05) is 13.2 Å². The van der Waals surface area contributed by atoms with E-state index in [1.165, 1.54) is 5.52 Å². The number of nitrogens with two attached hydrogens (primary N) is 1. The molecule has 0 spiro atoms. The summed E-state index contributed by atoms with van der Waals surface area (Å²) in [6.45, 7) is 4.70. The second kappa shape index (κ2) is 5.54. The van der Waals surface area contributed by atoms with Gasteiger partial charge < -0.3 is 15.0 Å². The minimum Gasteiger partial charge on any atom is -0.381 e. The van der Waals surface area contributed by atoms with Gasteiger partial charge in [0.1, 0.15) is 5.82 Å². The van der Waals surface area contributed by atoms with Gasteiger partial charge in [-0.2, -0.15) is 0 Å². The van der Waals surface area contributed by atoms with Crippen LogP contribution in [0, 0.1) is 0 Å².